The van der Waals surface area contributed by atoms with E-state index in [0.717, 1.165) is 55.7 Å². The first-order chi connectivity index (χ1) is 28.7. The highest BCUT2D eigenvalue weighted by Gasteiger charge is 2.19. The van der Waals surface area contributed by atoms with E-state index in [9.17, 15) is 0 Å². The molecule has 58 heavy (non-hydrogen) atoms. The van der Waals surface area contributed by atoms with Crippen LogP contribution in [-0.2, 0) is 6.42 Å². The molecule has 12 aromatic rings. The first-order valence-corrected chi connectivity index (χ1v) is 20.3. The van der Waals surface area contributed by atoms with Crippen molar-refractivity contribution in [2.45, 2.75) is 6.42 Å². The van der Waals surface area contributed by atoms with Gasteiger partial charge in [0.1, 0.15) is 17.0 Å². The van der Waals surface area contributed by atoms with E-state index in [1.54, 1.807) is 0 Å². The third kappa shape index (κ3) is 5.26. The van der Waals surface area contributed by atoms with Crippen molar-refractivity contribution in [1.29, 1.82) is 0 Å². The fourth-order valence-corrected chi connectivity index (χ4v) is 9.85. The van der Waals surface area contributed by atoms with E-state index in [4.69, 9.17) is 19.4 Å². The highest BCUT2D eigenvalue weighted by Crippen LogP contribution is 2.43. The molecule has 0 unspecified atom stereocenters. The summed E-state index contributed by atoms with van der Waals surface area (Å²) in [5, 5.41) is 7.17. The number of thiophene rings is 1. The monoisotopic (exact) mass is 760 g/mol. The van der Waals surface area contributed by atoms with Crippen LogP contribution in [0.3, 0.4) is 0 Å². The zero-order valence-corrected chi connectivity index (χ0v) is 31.9. The van der Waals surface area contributed by atoms with Gasteiger partial charge in [0.05, 0.1) is 11.0 Å². The number of hydrogen-bond acceptors (Lipinski definition) is 5. The van der Waals surface area contributed by atoms with E-state index in [2.05, 4.69) is 150 Å². The van der Waals surface area contributed by atoms with Gasteiger partial charge in [0.15, 0.2) is 11.6 Å². The van der Waals surface area contributed by atoms with Crippen LogP contribution < -0.4 is 0 Å². The molecule has 0 saturated carbocycles. The Labute approximate surface area is 337 Å². The van der Waals surface area contributed by atoms with Crippen LogP contribution in [0.4, 0.5) is 0 Å². The standard InChI is InChI=1S/C52H32N4OS/c1-3-13-32(14-4-1)51-53-48(54-52(55-51)33-15-5-2-6-16-33)30-35-17-11-24-47-49(35)41-29-34(25-28-46(41)58-47)37-20-12-23-45-50(37)40-31-36(26-27-44(40)57-45)56-42-21-9-7-18-38(42)39-19-8-10-22-43(39)56/h1-29,31H,30H2. The van der Waals surface area contributed by atoms with E-state index in [-0.39, 0.29) is 0 Å². The Morgan fingerprint density at radius 3 is 1.84 bits per heavy atom. The molecule has 0 saturated heterocycles. The molecule has 5 nitrogen and oxygen atoms in total. The highest BCUT2D eigenvalue weighted by atomic mass is 32.1. The lowest BCUT2D eigenvalue weighted by molar-refractivity contribution is 0.669. The summed E-state index contributed by atoms with van der Waals surface area (Å²) in [5.41, 5.74) is 10.6. The van der Waals surface area contributed by atoms with Gasteiger partial charge in [-0.05, 0) is 71.3 Å². The lowest BCUT2D eigenvalue weighted by Crippen LogP contribution is -2.04. The van der Waals surface area contributed by atoms with Crippen molar-refractivity contribution in [1.82, 2.24) is 19.5 Å². The lowest BCUT2D eigenvalue weighted by Gasteiger charge is -2.10. The first kappa shape index (κ1) is 32.8. The van der Waals surface area contributed by atoms with Gasteiger partial charge in [0, 0.05) is 65.0 Å². The lowest BCUT2D eigenvalue weighted by atomic mass is 9.96. The van der Waals surface area contributed by atoms with Gasteiger partial charge in [0.25, 0.3) is 0 Å². The molecule has 0 fully saturated rings. The third-order valence-electron chi connectivity index (χ3n) is 11.3. The summed E-state index contributed by atoms with van der Waals surface area (Å²) in [7, 11) is 0. The minimum atomic E-state index is 0.572. The minimum absolute atomic E-state index is 0.572. The van der Waals surface area contributed by atoms with Crippen LogP contribution >= 0.6 is 11.3 Å². The molecule has 0 aliphatic rings. The zero-order valence-electron chi connectivity index (χ0n) is 31.1. The molecule has 4 aromatic heterocycles. The summed E-state index contributed by atoms with van der Waals surface area (Å²) in [5.74, 6) is 2.09. The van der Waals surface area contributed by atoms with Gasteiger partial charge < -0.3 is 8.98 Å². The van der Waals surface area contributed by atoms with Crippen molar-refractivity contribution >= 4 is 75.3 Å². The van der Waals surface area contributed by atoms with Crippen LogP contribution in [0.25, 0.3) is 104 Å². The summed E-state index contributed by atoms with van der Waals surface area (Å²) >= 11 is 1.83. The average molecular weight is 761 g/mol. The van der Waals surface area contributed by atoms with Crippen LogP contribution in [-0.4, -0.2) is 19.5 Å². The van der Waals surface area contributed by atoms with Gasteiger partial charge in [0.2, 0.25) is 0 Å². The Hall–Kier alpha value is -7.41. The molecule has 0 aliphatic carbocycles. The molecule has 6 heteroatoms. The molecule has 0 bridgehead atoms. The van der Waals surface area contributed by atoms with Gasteiger partial charge >= 0.3 is 0 Å². The number of nitrogens with zero attached hydrogens (tertiary/aromatic N) is 4. The van der Waals surface area contributed by atoms with Crippen LogP contribution in [0.2, 0.25) is 0 Å². The number of fused-ring (bicyclic) bond motifs is 9. The molecule has 0 spiro atoms. The van der Waals surface area contributed by atoms with Gasteiger partial charge in [-0.2, -0.15) is 0 Å². The van der Waals surface area contributed by atoms with Gasteiger partial charge in [-0.1, -0.05) is 127 Å². The van der Waals surface area contributed by atoms with E-state index in [1.807, 2.05) is 47.7 Å². The van der Waals surface area contributed by atoms with Gasteiger partial charge in [-0.15, -0.1) is 11.3 Å². The Morgan fingerprint density at radius 2 is 1.12 bits per heavy atom. The largest absolute Gasteiger partial charge is 0.456 e. The Balaban J connectivity index is 1.01. The van der Waals surface area contributed by atoms with Gasteiger partial charge in [-0.3, -0.25) is 0 Å². The fourth-order valence-electron chi connectivity index (χ4n) is 8.71. The molecule has 0 radical (unpaired) electrons. The van der Waals surface area contributed by atoms with Crippen molar-refractivity contribution in [3.8, 4) is 39.6 Å². The Morgan fingerprint density at radius 1 is 0.448 bits per heavy atom. The predicted molar refractivity (Wildman–Crippen MR) is 240 cm³/mol. The van der Waals surface area contributed by atoms with E-state index in [0.29, 0.717) is 18.1 Å². The fraction of sp³-hybridized carbons (Fsp3) is 0.0192. The Kier molecular flexibility index (Phi) is 7.40. The normalized spacial score (nSPS) is 11.9. The summed E-state index contributed by atoms with van der Waals surface area (Å²) < 4.78 is 11.4. The summed E-state index contributed by atoms with van der Waals surface area (Å²) in [6.45, 7) is 0. The number of furan rings is 1. The molecule has 272 valence electrons. The van der Waals surface area contributed by atoms with Crippen molar-refractivity contribution in [3.63, 3.8) is 0 Å². The topological polar surface area (TPSA) is 56.7 Å². The van der Waals surface area contributed by atoms with Crippen LogP contribution in [0.5, 0.6) is 0 Å². The summed E-state index contributed by atoms with van der Waals surface area (Å²) in [4.78, 5) is 15.0. The number of hydrogen-bond donors (Lipinski definition) is 0. The molecule has 12 rings (SSSR count). The number of rotatable bonds is 6. The molecular weight excluding hydrogens is 729 g/mol. The zero-order chi connectivity index (χ0) is 38.2. The number of aromatic nitrogens is 4. The average Bonchev–Trinajstić information content (AvgIpc) is 3.96. The maximum Gasteiger partial charge on any atom is 0.163 e. The molecule has 0 atom stereocenters. The molecular formula is C52H32N4OS. The minimum Gasteiger partial charge on any atom is -0.456 e. The smallest absolute Gasteiger partial charge is 0.163 e. The van der Waals surface area contributed by atoms with Crippen molar-refractivity contribution in [2.24, 2.45) is 0 Å². The first-order valence-electron chi connectivity index (χ1n) is 19.5. The van der Waals surface area contributed by atoms with Crippen molar-refractivity contribution in [2.75, 3.05) is 0 Å². The Bertz CT molecular complexity index is 3440. The second-order valence-corrected chi connectivity index (χ2v) is 15.8. The molecule has 0 aliphatic heterocycles. The van der Waals surface area contributed by atoms with Crippen LogP contribution in [0.15, 0.2) is 186 Å². The maximum atomic E-state index is 6.55. The van der Waals surface area contributed by atoms with Crippen molar-refractivity contribution in [3.05, 3.63) is 193 Å². The SMILES string of the molecule is c1ccc(-c2nc(Cc3cccc4sc5ccc(-c6cccc7oc8ccc(-n9c%10ccccc%10c%10ccccc%109)cc8c67)cc5c34)nc(-c3ccccc3)n2)cc1. The van der Waals surface area contributed by atoms with Crippen LogP contribution in [0.1, 0.15) is 11.4 Å². The molecule has 0 N–H and O–H groups in total. The molecule has 0 amide bonds. The van der Waals surface area contributed by atoms with E-state index < -0.39 is 0 Å². The second-order valence-electron chi connectivity index (χ2n) is 14.7. The predicted octanol–water partition coefficient (Wildman–Crippen LogP) is 13.8. The third-order valence-corrected chi connectivity index (χ3v) is 12.4. The van der Waals surface area contributed by atoms with E-state index in [1.165, 1.54) is 47.5 Å². The quantitative estimate of drug-likeness (QED) is 0.169. The number of benzene rings is 8. The molecule has 8 aromatic carbocycles. The maximum absolute atomic E-state index is 6.55. The van der Waals surface area contributed by atoms with Crippen LogP contribution in [0, 0.1) is 0 Å². The summed E-state index contributed by atoms with van der Waals surface area (Å²) in [6, 6.07) is 64.1. The van der Waals surface area contributed by atoms with Crippen molar-refractivity contribution < 1.29 is 4.42 Å². The molecule has 4 heterocycles. The number of para-hydroxylation sites is 2. The summed E-state index contributed by atoms with van der Waals surface area (Å²) in [6.07, 6.45) is 0.572. The second kappa shape index (κ2) is 13.1. The highest BCUT2D eigenvalue weighted by molar-refractivity contribution is 7.25. The van der Waals surface area contributed by atoms with Gasteiger partial charge in [-0.25, -0.2) is 15.0 Å². The van der Waals surface area contributed by atoms with E-state index >= 15 is 0 Å².